The Morgan fingerprint density at radius 1 is 0.526 bits per heavy atom. The SMILES string of the molecule is Cc1ccc2sc3cccc(-c4nc(-c5ccccc5)nc(-c5ccccc5)n4)c3c2c1.N=C(c1ccc2oc3ccccc3c2c1)c1sc2ccccc2c1N. The summed E-state index contributed by atoms with van der Waals surface area (Å²) in [5.74, 6) is 2.06. The number of rotatable bonds is 5. The standard InChI is InChI=1S/C28H19N3S.C21H14N2OS/c1-18-15-16-23-22(17-18)25-21(13-8-14-24(25)32-23)28-30-26(19-9-4-2-5-10-19)29-27(31-28)20-11-6-3-7-12-20;22-19(21-20(23)14-6-2-4-8-18(14)25-21)12-9-10-17-15(11-12)13-5-1-3-7-16(13)24-17/h2-17H,1H3;1-11,22H,23H2. The van der Waals surface area contributed by atoms with Crippen LogP contribution in [-0.2, 0) is 0 Å². The van der Waals surface area contributed by atoms with Crippen LogP contribution in [0, 0.1) is 12.3 Å². The summed E-state index contributed by atoms with van der Waals surface area (Å²) in [4.78, 5) is 15.5. The first-order valence-corrected chi connectivity index (χ1v) is 20.2. The first kappa shape index (κ1) is 34.5. The molecule has 0 saturated heterocycles. The Hall–Kier alpha value is -7.00. The number of anilines is 1. The Kier molecular flexibility index (Phi) is 8.62. The van der Waals surface area contributed by atoms with Crippen molar-refractivity contribution in [1.82, 2.24) is 15.0 Å². The first-order chi connectivity index (χ1) is 28.0. The van der Waals surface area contributed by atoms with Crippen LogP contribution >= 0.6 is 22.7 Å². The molecule has 57 heavy (non-hydrogen) atoms. The minimum Gasteiger partial charge on any atom is -0.456 e. The molecule has 4 heterocycles. The molecule has 0 amide bonds. The number of hydrogen-bond donors (Lipinski definition) is 2. The van der Waals surface area contributed by atoms with Crippen molar-refractivity contribution in [3.8, 4) is 34.2 Å². The van der Waals surface area contributed by atoms with E-state index < -0.39 is 0 Å². The van der Waals surface area contributed by atoms with Crippen molar-refractivity contribution in [3.05, 3.63) is 180 Å². The van der Waals surface area contributed by atoms with Crippen molar-refractivity contribution in [3.63, 3.8) is 0 Å². The molecule has 11 aromatic rings. The number of hydrogen-bond acceptors (Lipinski definition) is 8. The van der Waals surface area contributed by atoms with Gasteiger partial charge in [-0.05, 0) is 55.5 Å². The number of nitrogen functional groups attached to an aromatic ring is 1. The molecule has 0 aliphatic heterocycles. The Morgan fingerprint density at radius 3 is 1.88 bits per heavy atom. The molecule has 6 nitrogen and oxygen atoms in total. The van der Waals surface area contributed by atoms with Gasteiger partial charge in [-0.3, -0.25) is 5.41 Å². The Morgan fingerprint density at radius 2 is 1.14 bits per heavy atom. The molecule has 0 atom stereocenters. The molecule has 0 aliphatic rings. The molecule has 0 radical (unpaired) electrons. The molecule has 0 fully saturated rings. The summed E-state index contributed by atoms with van der Waals surface area (Å²) in [5, 5.41) is 14.2. The second-order valence-electron chi connectivity index (χ2n) is 13.8. The van der Waals surface area contributed by atoms with Crippen molar-refractivity contribution in [2.45, 2.75) is 6.92 Å². The number of aromatic nitrogens is 3. The minimum absolute atomic E-state index is 0.450. The summed E-state index contributed by atoms with van der Waals surface area (Å²) >= 11 is 3.37. The van der Waals surface area contributed by atoms with E-state index in [0.29, 0.717) is 28.9 Å². The number of nitrogens with one attached hydrogen (secondary N) is 1. The highest BCUT2D eigenvalue weighted by molar-refractivity contribution is 7.26. The first-order valence-electron chi connectivity index (χ1n) is 18.6. The van der Waals surface area contributed by atoms with Crippen LogP contribution in [0.15, 0.2) is 168 Å². The molecule has 0 aliphatic carbocycles. The van der Waals surface area contributed by atoms with Crippen LogP contribution in [-0.4, -0.2) is 20.7 Å². The van der Waals surface area contributed by atoms with Gasteiger partial charge in [0.25, 0.3) is 0 Å². The van der Waals surface area contributed by atoms with Gasteiger partial charge in [-0.15, -0.1) is 22.7 Å². The number of benzene rings is 7. The van der Waals surface area contributed by atoms with Gasteiger partial charge in [0, 0.05) is 63.3 Å². The fourth-order valence-corrected chi connectivity index (χ4v) is 9.53. The number of aryl methyl sites for hydroxylation is 1. The van der Waals surface area contributed by atoms with Gasteiger partial charge in [-0.2, -0.15) is 0 Å². The lowest BCUT2D eigenvalue weighted by Gasteiger charge is -2.09. The average molecular weight is 772 g/mol. The smallest absolute Gasteiger partial charge is 0.164 e. The molecule has 4 aromatic heterocycles. The van der Waals surface area contributed by atoms with Crippen molar-refractivity contribution in [1.29, 1.82) is 5.41 Å². The van der Waals surface area contributed by atoms with E-state index in [9.17, 15) is 0 Å². The normalized spacial score (nSPS) is 11.4. The molecule has 0 spiro atoms. The summed E-state index contributed by atoms with van der Waals surface area (Å²) in [6.45, 7) is 2.13. The van der Waals surface area contributed by atoms with Crippen LogP contribution in [0.3, 0.4) is 0 Å². The number of nitrogens with zero attached hydrogens (tertiary/aromatic N) is 3. The highest BCUT2D eigenvalue weighted by atomic mass is 32.1. The van der Waals surface area contributed by atoms with E-state index in [1.54, 1.807) is 11.3 Å². The zero-order valence-corrected chi connectivity index (χ0v) is 32.4. The lowest BCUT2D eigenvalue weighted by atomic mass is 10.0. The van der Waals surface area contributed by atoms with Crippen LogP contribution in [0.5, 0.6) is 0 Å². The van der Waals surface area contributed by atoms with Crippen LogP contribution in [0.4, 0.5) is 5.69 Å². The maximum atomic E-state index is 8.68. The second kappa shape index (κ2) is 14.3. The Labute approximate surface area is 336 Å². The summed E-state index contributed by atoms with van der Waals surface area (Å²) in [6.07, 6.45) is 0. The quantitative estimate of drug-likeness (QED) is 0.170. The van der Waals surface area contributed by atoms with E-state index in [1.807, 2.05) is 139 Å². The molecular formula is C49H33N5OS2. The maximum Gasteiger partial charge on any atom is 0.164 e. The van der Waals surface area contributed by atoms with E-state index >= 15 is 0 Å². The largest absolute Gasteiger partial charge is 0.456 e. The molecule has 0 saturated carbocycles. The van der Waals surface area contributed by atoms with Crippen molar-refractivity contribution in [2.75, 3.05) is 5.73 Å². The number of thiophene rings is 2. The number of fused-ring (bicyclic) bond motifs is 7. The van der Waals surface area contributed by atoms with E-state index in [4.69, 9.17) is 30.5 Å². The van der Waals surface area contributed by atoms with E-state index in [2.05, 4.69) is 43.3 Å². The third-order valence-electron chi connectivity index (χ3n) is 10.1. The number of furan rings is 1. The molecule has 11 rings (SSSR count). The van der Waals surface area contributed by atoms with Gasteiger partial charge < -0.3 is 10.2 Å². The monoisotopic (exact) mass is 771 g/mol. The minimum atomic E-state index is 0.450. The Bertz CT molecular complexity index is 3240. The fraction of sp³-hybridized carbons (Fsp3) is 0.0204. The number of nitrogens with two attached hydrogens (primary N) is 1. The van der Waals surface area contributed by atoms with Crippen molar-refractivity contribution in [2.24, 2.45) is 0 Å². The summed E-state index contributed by atoms with van der Waals surface area (Å²) in [7, 11) is 0. The zero-order valence-electron chi connectivity index (χ0n) is 30.7. The topological polar surface area (TPSA) is 102 Å². The van der Waals surface area contributed by atoms with Gasteiger partial charge in [0.2, 0.25) is 0 Å². The molecule has 0 unspecified atom stereocenters. The van der Waals surface area contributed by atoms with Gasteiger partial charge in [-0.1, -0.05) is 121 Å². The lowest BCUT2D eigenvalue weighted by Crippen LogP contribution is -2.01. The van der Waals surface area contributed by atoms with Gasteiger partial charge in [0.05, 0.1) is 16.3 Å². The summed E-state index contributed by atoms with van der Waals surface area (Å²) in [5.41, 5.74) is 14.2. The molecular weight excluding hydrogens is 739 g/mol. The Balaban J connectivity index is 0.000000143. The second-order valence-corrected chi connectivity index (χ2v) is 16.0. The predicted molar refractivity (Wildman–Crippen MR) is 240 cm³/mol. The van der Waals surface area contributed by atoms with Crippen LogP contribution < -0.4 is 5.73 Å². The summed E-state index contributed by atoms with van der Waals surface area (Å²) < 4.78 is 9.50. The van der Waals surface area contributed by atoms with Crippen molar-refractivity contribution >= 4 is 86.3 Å². The summed E-state index contributed by atoms with van der Waals surface area (Å²) in [6, 6.07) is 55.1. The molecule has 272 valence electrons. The average Bonchev–Trinajstić information content (AvgIpc) is 3.94. The third-order valence-corrected chi connectivity index (χ3v) is 12.5. The van der Waals surface area contributed by atoms with Crippen LogP contribution in [0.25, 0.3) is 86.4 Å². The van der Waals surface area contributed by atoms with E-state index in [1.165, 1.54) is 25.7 Å². The fourth-order valence-electron chi connectivity index (χ4n) is 7.32. The third kappa shape index (κ3) is 6.31. The maximum absolute atomic E-state index is 8.68. The molecule has 8 heteroatoms. The predicted octanol–water partition coefficient (Wildman–Crippen LogP) is 13.3. The van der Waals surface area contributed by atoms with Crippen molar-refractivity contribution < 1.29 is 4.42 Å². The van der Waals surface area contributed by atoms with Crippen LogP contribution in [0.2, 0.25) is 0 Å². The van der Waals surface area contributed by atoms with Gasteiger partial charge in [0.1, 0.15) is 11.2 Å². The van der Waals surface area contributed by atoms with Gasteiger partial charge in [-0.25, -0.2) is 15.0 Å². The van der Waals surface area contributed by atoms with E-state index in [-0.39, 0.29) is 0 Å². The van der Waals surface area contributed by atoms with Gasteiger partial charge in [0.15, 0.2) is 17.5 Å². The molecule has 0 bridgehead atoms. The van der Waals surface area contributed by atoms with E-state index in [0.717, 1.165) is 59.2 Å². The molecule has 7 aromatic carbocycles. The van der Waals surface area contributed by atoms with Crippen LogP contribution in [0.1, 0.15) is 16.0 Å². The number of para-hydroxylation sites is 1. The highest BCUT2D eigenvalue weighted by Gasteiger charge is 2.18. The molecule has 3 N–H and O–H groups in total. The highest BCUT2D eigenvalue weighted by Crippen LogP contribution is 2.40. The van der Waals surface area contributed by atoms with Gasteiger partial charge >= 0.3 is 0 Å². The lowest BCUT2D eigenvalue weighted by molar-refractivity contribution is 0.669. The zero-order chi connectivity index (χ0) is 38.5.